The minimum absolute atomic E-state index is 0.0943. The molecule has 2 aromatic rings. The third-order valence-corrected chi connectivity index (χ3v) is 5.85. The van der Waals surface area contributed by atoms with E-state index in [0.29, 0.717) is 24.8 Å². The van der Waals surface area contributed by atoms with Crippen LogP contribution in [0.1, 0.15) is 12.0 Å². The molecule has 1 aromatic carbocycles. The quantitative estimate of drug-likeness (QED) is 0.854. The van der Waals surface area contributed by atoms with Crippen molar-refractivity contribution in [3.05, 3.63) is 17.7 Å². The van der Waals surface area contributed by atoms with Crippen LogP contribution in [0.3, 0.4) is 0 Å². The summed E-state index contributed by atoms with van der Waals surface area (Å²) < 4.78 is 12.1. The van der Waals surface area contributed by atoms with E-state index >= 15 is 0 Å². The van der Waals surface area contributed by atoms with Gasteiger partial charge in [0.2, 0.25) is 0 Å². The lowest BCUT2D eigenvalue weighted by atomic mass is 10.00. The van der Waals surface area contributed by atoms with Gasteiger partial charge in [0.05, 0.1) is 41.6 Å². The molecule has 2 saturated heterocycles. The fourth-order valence-electron chi connectivity index (χ4n) is 3.66. The van der Waals surface area contributed by atoms with Crippen molar-refractivity contribution in [1.29, 1.82) is 5.26 Å². The number of amides is 2. The summed E-state index contributed by atoms with van der Waals surface area (Å²) in [7, 11) is 0. The molecule has 0 radical (unpaired) electrons. The van der Waals surface area contributed by atoms with E-state index in [1.165, 1.54) is 11.3 Å². The van der Waals surface area contributed by atoms with Gasteiger partial charge in [0.25, 0.3) is 0 Å². The average molecular weight is 342 g/mol. The monoisotopic (exact) mass is 342 g/mol. The van der Waals surface area contributed by atoms with Crippen molar-refractivity contribution in [3.8, 4) is 11.8 Å². The summed E-state index contributed by atoms with van der Waals surface area (Å²) in [5.74, 6) is 0.888. The molecular weight excluding hydrogens is 328 g/mol. The molecule has 0 aliphatic carbocycles. The van der Waals surface area contributed by atoms with E-state index < -0.39 is 6.10 Å². The lowest BCUT2D eigenvalue weighted by Crippen LogP contribution is -2.47. The topological polar surface area (TPSA) is 87.5 Å². The van der Waals surface area contributed by atoms with Crippen LogP contribution in [0.4, 0.5) is 9.93 Å². The molecule has 1 N–H and O–H groups in total. The second-order valence-electron chi connectivity index (χ2n) is 6.16. The Kier molecular flexibility index (Phi) is 2.96. The van der Waals surface area contributed by atoms with E-state index in [9.17, 15) is 4.79 Å². The second kappa shape index (κ2) is 5.06. The van der Waals surface area contributed by atoms with Crippen molar-refractivity contribution >= 4 is 32.7 Å². The molecule has 4 heterocycles. The van der Waals surface area contributed by atoms with Crippen LogP contribution in [0.25, 0.3) is 10.2 Å². The number of carbonyl (C=O) groups is 1. The molecule has 0 bridgehead atoms. The second-order valence-corrected chi connectivity index (χ2v) is 7.17. The Balaban J connectivity index is 1.56. The minimum Gasteiger partial charge on any atom is -0.493 e. The molecular formula is C16H14N4O3S. The van der Waals surface area contributed by atoms with Gasteiger partial charge in [-0.2, -0.15) is 5.26 Å². The average Bonchev–Trinajstić information content (AvgIpc) is 3.28. The number of thiazole rings is 1. The van der Waals surface area contributed by atoms with Crippen LogP contribution in [0.2, 0.25) is 0 Å². The SMILES string of the molecule is N#CC1CC2C(CO1)NC(=O)N2c1nc2c3c(ccc2s1)OCC3. The van der Waals surface area contributed by atoms with Gasteiger partial charge in [0.15, 0.2) is 5.13 Å². The van der Waals surface area contributed by atoms with Crippen molar-refractivity contribution in [1.82, 2.24) is 10.3 Å². The highest BCUT2D eigenvalue weighted by molar-refractivity contribution is 7.22. The lowest BCUT2D eigenvalue weighted by molar-refractivity contribution is 0.0299. The fraction of sp³-hybridized carbons (Fsp3) is 0.438. The molecule has 8 heteroatoms. The Hall–Kier alpha value is -2.37. The van der Waals surface area contributed by atoms with Crippen molar-refractivity contribution in [2.75, 3.05) is 18.1 Å². The molecule has 2 amide bonds. The van der Waals surface area contributed by atoms with E-state index in [-0.39, 0.29) is 18.1 Å². The maximum atomic E-state index is 12.5. The molecule has 3 atom stereocenters. The molecule has 2 fully saturated rings. The van der Waals surface area contributed by atoms with E-state index in [1.807, 2.05) is 12.1 Å². The molecule has 122 valence electrons. The third-order valence-electron chi connectivity index (χ3n) is 4.83. The number of ether oxygens (including phenoxy) is 2. The summed E-state index contributed by atoms with van der Waals surface area (Å²) in [6, 6.07) is 5.75. The Bertz CT molecular complexity index is 889. The molecule has 0 saturated carbocycles. The fourth-order valence-corrected chi connectivity index (χ4v) is 4.72. The zero-order valence-electron chi connectivity index (χ0n) is 12.7. The number of nitrogens with one attached hydrogen (secondary N) is 1. The Labute approximate surface area is 141 Å². The highest BCUT2D eigenvalue weighted by Gasteiger charge is 2.46. The van der Waals surface area contributed by atoms with Gasteiger partial charge in [0.1, 0.15) is 11.9 Å². The molecule has 3 unspecified atom stereocenters. The van der Waals surface area contributed by atoms with Gasteiger partial charge in [-0.25, -0.2) is 9.78 Å². The summed E-state index contributed by atoms with van der Waals surface area (Å²) in [6.07, 6.45) is 0.864. The normalized spacial score (nSPS) is 28.2. The number of nitrogens with zero attached hydrogens (tertiary/aromatic N) is 3. The van der Waals surface area contributed by atoms with Gasteiger partial charge in [-0.1, -0.05) is 11.3 Å². The van der Waals surface area contributed by atoms with E-state index in [0.717, 1.165) is 28.0 Å². The molecule has 1 aromatic heterocycles. The third kappa shape index (κ3) is 1.92. The molecule has 3 aliphatic heterocycles. The van der Waals surface area contributed by atoms with Crippen LogP contribution in [-0.4, -0.2) is 42.4 Å². The van der Waals surface area contributed by atoms with Crippen molar-refractivity contribution in [2.24, 2.45) is 0 Å². The minimum atomic E-state index is -0.478. The van der Waals surface area contributed by atoms with E-state index in [2.05, 4.69) is 11.4 Å². The van der Waals surface area contributed by atoms with Crippen molar-refractivity contribution < 1.29 is 14.3 Å². The predicted molar refractivity (Wildman–Crippen MR) is 87.4 cm³/mol. The maximum absolute atomic E-state index is 12.5. The van der Waals surface area contributed by atoms with Gasteiger partial charge in [-0.05, 0) is 12.1 Å². The van der Waals surface area contributed by atoms with E-state index in [4.69, 9.17) is 19.7 Å². The summed E-state index contributed by atoms with van der Waals surface area (Å²) >= 11 is 1.50. The number of aromatic nitrogens is 1. The summed E-state index contributed by atoms with van der Waals surface area (Å²) in [5.41, 5.74) is 2.04. The number of hydrogen-bond donors (Lipinski definition) is 1. The number of urea groups is 1. The van der Waals surface area contributed by atoms with Crippen LogP contribution in [0.15, 0.2) is 12.1 Å². The van der Waals surface area contributed by atoms with E-state index in [1.54, 1.807) is 4.90 Å². The number of benzene rings is 1. The summed E-state index contributed by atoms with van der Waals surface area (Å²) in [6.45, 7) is 1.04. The lowest BCUT2D eigenvalue weighted by Gasteiger charge is -2.30. The van der Waals surface area contributed by atoms with Crippen LogP contribution in [-0.2, 0) is 11.2 Å². The Morgan fingerprint density at radius 1 is 1.46 bits per heavy atom. The maximum Gasteiger partial charge on any atom is 0.324 e. The highest BCUT2D eigenvalue weighted by Crippen LogP contribution is 2.39. The first-order chi connectivity index (χ1) is 11.7. The number of nitriles is 1. The van der Waals surface area contributed by atoms with Gasteiger partial charge in [-0.3, -0.25) is 4.90 Å². The molecule has 24 heavy (non-hydrogen) atoms. The Morgan fingerprint density at radius 3 is 3.25 bits per heavy atom. The Morgan fingerprint density at radius 2 is 2.38 bits per heavy atom. The molecule has 7 nitrogen and oxygen atoms in total. The van der Waals surface area contributed by atoms with Gasteiger partial charge < -0.3 is 14.8 Å². The van der Waals surface area contributed by atoms with Crippen LogP contribution in [0, 0.1) is 11.3 Å². The summed E-state index contributed by atoms with van der Waals surface area (Å²) in [4.78, 5) is 18.9. The van der Waals surface area contributed by atoms with Gasteiger partial charge in [-0.15, -0.1) is 0 Å². The van der Waals surface area contributed by atoms with Gasteiger partial charge >= 0.3 is 6.03 Å². The van der Waals surface area contributed by atoms with Crippen molar-refractivity contribution in [3.63, 3.8) is 0 Å². The molecule has 5 rings (SSSR count). The highest BCUT2D eigenvalue weighted by atomic mass is 32.1. The van der Waals surface area contributed by atoms with Crippen molar-refractivity contribution in [2.45, 2.75) is 31.0 Å². The van der Waals surface area contributed by atoms with Crippen LogP contribution >= 0.6 is 11.3 Å². The predicted octanol–water partition coefficient (Wildman–Crippen LogP) is 1.81. The van der Waals surface area contributed by atoms with Gasteiger partial charge in [0, 0.05) is 18.4 Å². The smallest absolute Gasteiger partial charge is 0.324 e. The number of rotatable bonds is 1. The zero-order valence-corrected chi connectivity index (χ0v) is 13.5. The first-order valence-electron chi connectivity index (χ1n) is 7.91. The molecule has 0 spiro atoms. The van der Waals surface area contributed by atoms with Crippen LogP contribution < -0.4 is 15.0 Å². The number of anilines is 1. The largest absolute Gasteiger partial charge is 0.493 e. The first kappa shape index (κ1) is 14.0. The molecule has 3 aliphatic rings. The first-order valence-corrected chi connectivity index (χ1v) is 8.72. The standard InChI is InChI=1S/C16H14N4O3S/c17-6-8-5-11-10(7-23-8)18-15(21)20(11)16-19-14-9-3-4-22-12(9)1-2-13(14)24-16/h1-2,8,10-11H,3-5,7H2,(H,18,21). The zero-order chi connectivity index (χ0) is 16.3. The van der Waals surface area contributed by atoms with Crippen LogP contribution in [0.5, 0.6) is 5.75 Å². The summed E-state index contributed by atoms with van der Waals surface area (Å²) in [5, 5.41) is 12.7. The number of carbonyl (C=O) groups excluding carboxylic acids is 1. The number of hydrogen-bond acceptors (Lipinski definition) is 6. The number of fused-ring (bicyclic) bond motifs is 4.